The number of aliphatic imine (C=N–C) groups is 1. The highest BCUT2D eigenvalue weighted by Crippen LogP contribution is 2.41. The van der Waals surface area contributed by atoms with E-state index in [1.807, 2.05) is 18.2 Å². The maximum atomic E-state index is 13.6. The van der Waals surface area contributed by atoms with Gasteiger partial charge >= 0.3 is 11.9 Å². The van der Waals surface area contributed by atoms with Gasteiger partial charge in [0.2, 0.25) is 0 Å². The van der Waals surface area contributed by atoms with E-state index >= 15 is 0 Å². The minimum Gasteiger partial charge on any atom is -0.468 e. The molecule has 0 radical (unpaired) electrons. The highest BCUT2D eigenvalue weighted by Gasteiger charge is 2.43. The molecular formula is C29H33N3O6. The average Bonchev–Trinajstić information content (AvgIpc) is 2.92. The lowest BCUT2D eigenvalue weighted by molar-refractivity contribution is -0.384. The summed E-state index contributed by atoms with van der Waals surface area (Å²) in [4.78, 5) is 44.3. The first-order valence-electron chi connectivity index (χ1n) is 12.8. The van der Waals surface area contributed by atoms with Crippen LogP contribution in [-0.2, 0) is 25.6 Å². The third-order valence-electron chi connectivity index (χ3n) is 7.33. The van der Waals surface area contributed by atoms with Crippen LogP contribution in [0.2, 0.25) is 0 Å². The number of carbonyl (C=O) groups is 2. The molecule has 0 amide bonds. The second-order valence-corrected chi connectivity index (χ2v) is 9.79. The highest BCUT2D eigenvalue weighted by atomic mass is 16.6. The van der Waals surface area contributed by atoms with Gasteiger partial charge in [0.1, 0.15) is 12.5 Å². The van der Waals surface area contributed by atoms with E-state index in [-0.39, 0.29) is 23.9 Å². The van der Waals surface area contributed by atoms with E-state index in [1.165, 1.54) is 24.8 Å². The lowest BCUT2D eigenvalue weighted by Gasteiger charge is -2.36. The predicted octanol–water partition coefficient (Wildman–Crippen LogP) is 4.81. The van der Waals surface area contributed by atoms with Crippen molar-refractivity contribution in [3.63, 3.8) is 0 Å². The fourth-order valence-electron chi connectivity index (χ4n) is 5.45. The van der Waals surface area contributed by atoms with Crippen molar-refractivity contribution in [2.24, 2.45) is 10.9 Å². The van der Waals surface area contributed by atoms with Crippen LogP contribution in [0, 0.1) is 16.0 Å². The van der Waals surface area contributed by atoms with Gasteiger partial charge < -0.3 is 9.47 Å². The normalized spacial score (nSPS) is 22.0. The van der Waals surface area contributed by atoms with Crippen LogP contribution in [0.5, 0.6) is 0 Å². The van der Waals surface area contributed by atoms with Crippen LogP contribution >= 0.6 is 0 Å². The number of nitro groups is 1. The molecule has 3 atom stereocenters. The van der Waals surface area contributed by atoms with E-state index in [0.29, 0.717) is 17.0 Å². The molecule has 1 saturated heterocycles. The largest absolute Gasteiger partial charge is 0.468 e. The topological polar surface area (TPSA) is 111 Å². The molecule has 2 aromatic carbocycles. The first-order chi connectivity index (χ1) is 18.3. The summed E-state index contributed by atoms with van der Waals surface area (Å²) in [6.45, 7) is 5.29. The van der Waals surface area contributed by atoms with Crippen LogP contribution in [0.1, 0.15) is 50.2 Å². The summed E-state index contributed by atoms with van der Waals surface area (Å²) in [6.07, 6.45) is 3.05. The molecule has 9 heteroatoms. The molecule has 2 aliphatic heterocycles. The Morgan fingerprint density at radius 1 is 1.11 bits per heavy atom. The Morgan fingerprint density at radius 2 is 1.87 bits per heavy atom. The smallest absolute Gasteiger partial charge is 0.336 e. The first kappa shape index (κ1) is 27.2. The number of ether oxygens (including phenoxy) is 2. The standard InChI is InChI=1S/C29H33N3O6/c1-19-25(28(33)37-3)27(22-12-9-14-23(16-22)32(35)36)26(20(2)30-19)29(34)38-18-24-13-7-8-15-31(24)17-21-10-5-4-6-11-21/h4-6,9-12,14,16,24-25,27H,7-8,13,15,17-18H2,1-3H3. The van der Waals surface area contributed by atoms with Gasteiger partial charge in [0.25, 0.3) is 5.69 Å². The minimum atomic E-state index is -0.905. The number of rotatable bonds is 8. The van der Waals surface area contributed by atoms with Crippen LogP contribution in [0.25, 0.3) is 0 Å². The van der Waals surface area contributed by atoms with Gasteiger partial charge in [0.05, 0.1) is 17.6 Å². The molecule has 0 spiro atoms. The van der Waals surface area contributed by atoms with E-state index in [2.05, 4.69) is 22.0 Å². The number of esters is 2. The van der Waals surface area contributed by atoms with E-state index in [0.717, 1.165) is 32.4 Å². The summed E-state index contributed by atoms with van der Waals surface area (Å²) < 4.78 is 10.9. The number of benzene rings is 2. The summed E-state index contributed by atoms with van der Waals surface area (Å²) >= 11 is 0. The van der Waals surface area contributed by atoms with Crippen LogP contribution in [-0.4, -0.2) is 53.8 Å². The molecule has 4 rings (SSSR count). The zero-order valence-corrected chi connectivity index (χ0v) is 22.0. The van der Waals surface area contributed by atoms with Gasteiger partial charge in [0, 0.05) is 42.0 Å². The molecule has 200 valence electrons. The lowest BCUT2D eigenvalue weighted by Crippen LogP contribution is -2.43. The van der Waals surface area contributed by atoms with Gasteiger partial charge in [-0.05, 0) is 44.4 Å². The van der Waals surface area contributed by atoms with Crippen molar-refractivity contribution in [3.05, 3.63) is 87.1 Å². The molecule has 2 aliphatic rings. The number of allylic oxidation sites excluding steroid dienone is 1. The Morgan fingerprint density at radius 3 is 2.58 bits per heavy atom. The molecule has 0 aliphatic carbocycles. The van der Waals surface area contributed by atoms with Gasteiger partial charge in [-0.25, -0.2) is 4.79 Å². The molecule has 38 heavy (non-hydrogen) atoms. The molecule has 2 aromatic rings. The summed E-state index contributed by atoms with van der Waals surface area (Å²) in [7, 11) is 1.27. The lowest BCUT2D eigenvalue weighted by atomic mass is 9.75. The molecule has 1 fully saturated rings. The summed E-state index contributed by atoms with van der Waals surface area (Å²) in [5, 5.41) is 11.5. The molecule has 2 heterocycles. The number of non-ortho nitro benzene ring substituents is 1. The third kappa shape index (κ3) is 5.99. The monoisotopic (exact) mass is 519 g/mol. The number of piperidine rings is 1. The second kappa shape index (κ2) is 12.1. The van der Waals surface area contributed by atoms with Gasteiger partial charge in [-0.3, -0.25) is 24.8 Å². The molecule has 0 aromatic heterocycles. The number of nitrogens with zero attached hydrogens (tertiary/aromatic N) is 3. The van der Waals surface area contributed by atoms with E-state index in [4.69, 9.17) is 9.47 Å². The van der Waals surface area contributed by atoms with Crippen LogP contribution < -0.4 is 0 Å². The molecule has 0 N–H and O–H groups in total. The van der Waals surface area contributed by atoms with Crippen molar-refractivity contribution in [1.82, 2.24) is 4.90 Å². The SMILES string of the molecule is COC(=O)C1C(C)=NC(C)=C(C(=O)OCC2CCCCN2Cc2ccccc2)C1c1cccc([N+](=O)[O-])c1. The van der Waals surface area contributed by atoms with Gasteiger partial charge in [-0.2, -0.15) is 0 Å². The Bertz CT molecular complexity index is 1260. The fraction of sp³-hybridized carbons (Fsp3) is 0.414. The van der Waals surface area contributed by atoms with Crippen LogP contribution in [0.3, 0.4) is 0 Å². The number of nitro benzene ring substituents is 1. The zero-order valence-electron chi connectivity index (χ0n) is 22.0. The van der Waals surface area contributed by atoms with Crippen molar-refractivity contribution in [1.29, 1.82) is 0 Å². The average molecular weight is 520 g/mol. The number of likely N-dealkylation sites (tertiary alicyclic amines) is 1. The molecule has 0 saturated carbocycles. The van der Waals surface area contributed by atoms with Gasteiger partial charge in [-0.15, -0.1) is 0 Å². The number of hydrogen-bond donors (Lipinski definition) is 0. The molecule has 9 nitrogen and oxygen atoms in total. The molecule has 3 unspecified atom stereocenters. The fourth-order valence-corrected chi connectivity index (χ4v) is 5.45. The minimum absolute atomic E-state index is 0.0651. The Labute approximate surface area is 222 Å². The Kier molecular flexibility index (Phi) is 8.68. The van der Waals surface area contributed by atoms with Gasteiger partial charge in [0.15, 0.2) is 0 Å². The number of carbonyl (C=O) groups excluding carboxylic acids is 2. The summed E-state index contributed by atoms with van der Waals surface area (Å²) in [6, 6.07) is 16.2. The highest BCUT2D eigenvalue weighted by molar-refractivity contribution is 6.07. The van der Waals surface area contributed by atoms with Crippen molar-refractivity contribution >= 4 is 23.3 Å². The first-order valence-corrected chi connectivity index (χ1v) is 12.8. The molecule has 0 bridgehead atoms. The predicted molar refractivity (Wildman–Crippen MR) is 143 cm³/mol. The maximum absolute atomic E-state index is 13.6. The van der Waals surface area contributed by atoms with E-state index in [9.17, 15) is 19.7 Å². The van der Waals surface area contributed by atoms with Crippen molar-refractivity contribution in [2.45, 2.75) is 51.6 Å². The second-order valence-electron chi connectivity index (χ2n) is 9.79. The van der Waals surface area contributed by atoms with Gasteiger partial charge in [-0.1, -0.05) is 48.9 Å². The third-order valence-corrected chi connectivity index (χ3v) is 7.33. The quantitative estimate of drug-likeness (QED) is 0.279. The zero-order chi connectivity index (χ0) is 27.2. The number of methoxy groups -OCH3 is 1. The summed E-state index contributed by atoms with van der Waals surface area (Å²) in [5.41, 5.74) is 2.65. The Hall–Kier alpha value is -3.85. The summed E-state index contributed by atoms with van der Waals surface area (Å²) in [5.74, 6) is -2.87. The van der Waals surface area contributed by atoms with E-state index < -0.39 is 28.7 Å². The number of hydrogen-bond acceptors (Lipinski definition) is 8. The van der Waals surface area contributed by atoms with Crippen LogP contribution in [0.15, 0.2) is 70.9 Å². The maximum Gasteiger partial charge on any atom is 0.336 e. The van der Waals surface area contributed by atoms with Crippen LogP contribution in [0.4, 0.5) is 5.69 Å². The Balaban J connectivity index is 1.60. The van der Waals surface area contributed by atoms with Crippen molar-refractivity contribution in [3.8, 4) is 0 Å². The van der Waals surface area contributed by atoms with Crippen molar-refractivity contribution < 1.29 is 24.0 Å². The van der Waals surface area contributed by atoms with E-state index in [1.54, 1.807) is 26.0 Å². The molecular weight excluding hydrogens is 486 g/mol. The van der Waals surface area contributed by atoms with Crippen molar-refractivity contribution in [2.75, 3.05) is 20.3 Å².